The van der Waals surface area contributed by atoms with Gasteiger partial charge in [-0.3, -0.25) is 4.98 Å². The summed E-state index contributed by atoms with van der Waals surface area (Å²) in [5.74, 6) is 0. The second-order valence-corrected chi connectivity index (χ2v) is 6.59. The van der Waals surface area contributed by atoms with Crippen LogP contribution < -0.4 is 5.32 Å². The van der Waals surface area contributed by atoms with Gasteiger partial charge in [0.15, 0.2) is 0 Å². The van der Waals surface area contributed by atoms with Crippen molar-refractivity contribution in [3.63, 3.8) is 0 Å². The Morgan fingerprint density at radius 1 is 1.21 bits per heavy atom. The Balaban J connectivity index is 2.04. The first-order valence-electron chi connectivity index (χ1n) is 7.16. The van der Waals surface area contributed by atoms with Gasteiger partial charge in [0.05, 0.1) is 5.52 Å². The lowest BCUT2D eigenvalue weighted by Crippen LogP contribution is -2.18. The molecule has 0 aliphatic heterocycles. The van der Waals surface area contributed by atoms with Crippen molar-refractivity contribution < 1.29 is 0 Å². The highest BCUT2D eigenvalue weighted by Gasteiger charge is 2.22. The van der Waals surface area contributed by atoms with E-state index in [0.717, 1.165) is 18.1 Å². The van der Waals surface area contributed by atoms with Crippen molar-refractivity contribution in [2.75, 3.05) is 0 Å². The maximum atomic E-state index is 4.82. The molecular weight excluding hydrogens is 232 g/mol. The number of nitrogens with zero attached hydrogens (tertiary/aromatic N) is 1. The summed E-state index contributed by atoms with van der Waals surface area (Å²) in [5, 5.41) is 4.90. The molecular formula is C17H22N2. The molecule has 1 aromatic carbocycles. The van der Waals surface area contributed by atoms with E-state index in [-0.39, 0.29) is 5.41 Å². The van der Waals surface area contributed by atoms with Crippen LogP contribution in [0.1, 0.15) is 44.9 Å². The number of benzene rings is 1. The summed E-state index contributed by atoms with van der Waals surface area (Å²) in [6.07, 6.45) is 2.66. The van der Waals surface area contributed by atoms with Crippen molar-refractivity contribution in [2.45, 2.75) is 51.6 Å². The molecule has 1 aromatic heterocycles. The van der Waals surface area contributed by atoms with Gasteiger partial charge in [-0.2, -0.15) is 0 Å². The fourth-order valence-electron chi connectivity index (χ4n) is 2.32. The van der Waals surface area contributed by atoms with Crippen molar-refractivity contribution in [3.8, 4) is 0 Å². The van der Waals surface area contributed by atoms with Crippen LogP contribution in [0.3, 0.4) is 0 Å². The first-order valence-corrected chi connectivity index (χ1v) is 7.16. The van der Waals surface area contributed by atoms with E-state index in [1.54, 1.807) is 0 Å². The minimum atomic E-state index is 0.0956. The monoisotopic (exact) mass is 254 g/mol. The predicted octanol–water partition coefficient (Wildman–Crippen LogP) is 3.78. The molecule has 1 aliphatic carbocycles. The number of rotatable bonds is 3. The molecule has 1 N–H and O–H groups in total. The molecule has 2 nitrogen and oxygen atoms in total. The Morgan fingerprint density at radius 2 is 1.95 bits per heavy atom. The minimum absolute atomic E-state index is 0.0956. The zero-order chi connectivity index (χ0) is 13.5. The Morgan fingerprint density at radius 3 is 2.63 bits per heavy atom. The summed E-state index contributed by atoms with van der Waals surface area (Å²) >= 11 is 0. The fourth-order valence-corrected chi connectivity index (χ4v) is 2.32. The lowest BCUT2D eigenvalue weighted by atomic mass is 9.90. The van der Waals surface area contributed by atoms with Crippen LogP contribution in [0.2, 0.25) is 0 Å². The molecule has 100 valence electrons. The lowest BCUT2D eigenvalue weighted by molar-refractivity contribution is 0.569. The smallest absolute Gasteiger partial charge is 0.0708 e. The largest absolute Gasteiger partial charge is 0.310 e. The molecule has 1 saturated carbocycles. The van der Waals surface area contributed by atoms with E-state index in [9.17, 15) is 0 Å². The second-order valence-electron chi connectivity index (χ2n) is 6.59. The molecule has 2 aromatic rings. The van der Waals surface area contributed by atoms with Gasteiger partial charge in [0.2, 0.25) is 0 Å². The Labute approximate surface area is 115 Å². The number of nitrogens with one attached hydrogen (secondary N) is 1. The minimum Gasteiger partial charge on any atom is -0.310 e. The van der Waals surface area contributed by atoms with E-state index in [2.05, 4.69) is 56.4 Å². The van der Waals surface area contributed by atoms with Gasteiger partial charge in [-0.05, 0) is 30.5 Å². The number of fused-ring (bicyclic) bond motifs is 1. The summed E-state index contributed by atoms with van der Waals surface area (Å²) in [6.45, 7) is 7.63. The highest BCUT2D eigenvalue weighted by atomic mass is 14.9. The van der Waals surface area contributed by atoms with E-state index < -0.39 is 0 Å². The highest BCUT2D eigenvalue weighted by Crippen LogP contribution is 2.27. The molecule has 0 unspecified atom stereocenters. The van der Waals surface area contributed by atoms with E-state index in [1.807, 2.05) is 0 Å². The Bertz CT molecular complexity index is 592. The number of hydrogen-bond acceptors (Lipinski definition) is 2. The molecule has 19 heavy (non-hydrogen) atoms. The zero-order valence-corrected chi connectivity index (χ0v) is 12.0. The fraction of sp³-hybridized carbons (Fsp3) is 0.471. The number of aromatic nitrogens is 1. The van der Waals surface area contributed by atoms with E-state index in [4.69, 9.17) is 4.98 Å². The normalized spacial score (nSPS) is 15.9. The molecule has 3 rings (SSSR count). The van der Waals surface area contributed by atoms with Gasteiger partial charge in [0.25, 0.3) is 0 Å². The maximum absolute atomic E-state index is 4.82. The third-order valence-corrected chi connectivity index (χ3v) is 3.73. The number of hydrogen-bond donors (Lipinski definition) is 1. The molecule has 1 fully saturated rings. The first-order chi connectivity index (χ1) is 9.04. The van der Waals surface area contributed by atoms with Crippen molar-refractivity contribution in [2.24, 2.45) is 0 Å². The van der Waals surface area contributed by atoms with Gasteiger partial charge in [-0.15, -0.1) is 0 Å². The van der Waals surface area contributed by atoms with Crippen LogP contribution in [0.5, 0.6) is 0 Å². The van der Waals surface area contributed by atoms with Crippen LogP contribution in [0, 0.1) is 0 Å². The third-order valence-electron chi connectivity index (χ3n) is 3.73. The van der Waals surface area contributed by atoms with Crippen LogP contribution in [0.15, 0.2) is 30.3 Å². The quantitative estimate of drug-likeness (QED) is 0.901. The maximum Gasteiger partial charge on any atom is 0.0708 e. The van der Waals surface area contributed by atoms with Gasteiger partial charge >= 0.3 is 0 Å². The summed E-state index contributed by atoms with van der Waals surface area (Å²) in [4.78, 5) is 4.82. The van der Waals surface area contributed by atoms with Crippen LogP contribution in [0.4, 0.5) is 0 Å². The molecule has 2 heteroatoms. The lowest BCUT2D eigenvalue weighted by Gasteiger charge is -2.20. The molecule has 0 radical (unpaired) electrons. The molecule has 0 atom stereocenters. The standard InChI is InChI=1S/C17H22N2/c1-17(2,3)16-10-12(11-18-13-8-9-13)14-6-4-5-7-15(14)19-16/h4-7,10,13,18H,8-9,11H2,1-3H3. The second kappa shape index (κ2) is 4.61. The molecule has 1 heterocycles. The highest BCUT2D eigenvalue weighted by molar-refractivity contribution is 5.82. The average Bonchev–Trinajstić information content (AvgIpc) is 3.18. The topological polar surface area (TPSA) is 24.9 Å². The van der Waals surface area contributed by atoms with Crippen LogP contribution in [-0.4, -0.2) is 11.0 Å². The Hall–Kier alpha value is -1.41. The molecule has 0 amide bonds. The zero-order valence-electron chi connectivity index (χ0n) is 12.0. The molecule has 0 bridgehead atoms. The van der Waals surface area contributed by atoms with Gasteiger partial charge in [0.1, 0.15) is 0 Å². The van der Waals surface area contributed by atoms with Crippen molar-refractivity contribution in [1.29, 1.82) is 0 Å². The van der Waals surface area contributed by atoms with Crippen LogP contribution >= 0.6 is 0 Å². The summed E-state index contributed by atoms with van der Waals surface area (Å²) in [7, 11) is 0. The number of para-hydroxylation sites is 1. The Kier molecular flexibility index (Phi) is 3.06. The predicted molar refractivity (Wildman–Crippen MR) is 80.3 cm³/mol. The van der Waals surface area contributed by atoms with Crippen molar-refractivity contribution >= 4 is 10.9 Å². The summed E-state index contributed by atoms with van der Waals surface area (Å²) in [6, 6.07) is 11.5. The molecule has 0 spiro atoms. The van der Waals surface area contributed by atoms with Gasteiger partial charge < -0.3 is 5.32 Å². The molecule has 0 saturated heterocycles. The van der Waals surface area contributed by atoms with E-state index in [1.165, 1.54) is 29.5 Å². The van der Waals surface area contributed by atoms with Gasteiger partial charge in [-0.25, -0.2) is 0 Å². The van der Waals surface area contributed by atoms with Gasteiger partial charge in [-0.1, -0.05) is 39.0 Å². The van der Waals surface area contributed by atoms with E-state index >= 15 is 0 Å². The van der Waals surface area contributed by atoms with Crippen LogP contribution in [-0.2, 0) is 12.0 Å². The van der Waals surface area contributed by atoms with Crippen molar-refractivity contribution in [1.82, 2.24) is 10.3 Å². The number of pyridine rings is 1. The molecule has 1 aliphatic rings. The SMILES string of the molecule is CC(C)(C)c1cc(CNC2CC2)c2ccccc2n1. The summed E-state index contributed by atoms with van der Waals surface area (Å²) in [5.41, 5.74) is 3.77. The third kappa shape index (κ3) is 2.79. The van der Waals surface area contributed by atoms with Crippen LogP contribution in [0.25, 0.3) is 10.9 Å². The summed E-state index contributed by atoms with van der Waals surface area (Å²) < 4.78 is 0. The average molecular weight is 254 g/mol. The van der Waals surface area contributed by atoms with E-state index in [0.29, 0.717) is 0 Å². The van der Waals surface area contributed by atoms with Crippen molar-refractivity contribution in [3.05, 3.63) is 41.6 Å². The first kappa shape index (κ1) is 12.6. The van der Waals surface area contributed by atoms with Gasteiger partial charge in [0, 0.05) is 29.1 Å².